The van der Waals surface area contributed by atoms with Gasteiger partial charge in [-0.2, -0.15) is 0 Å². The number of hydrogen-bond acceptors (Lipinski definition) is 4. The number of oxazole rings is 1. The summed E-state index contributed by atoms with van der Waals surface area (Å²) in [5, 5.41) is 0. The van der Waals surface area contributed by atoms with E-state index in [0.717, 1.165) is 0 Å². The molecule has 0 fully saturated rings. The van der Waals surface area contributed by atoms with Crippen LogP contribution in [0.1, 0.15) is 22.0 Å². The molecule has 0 radical (unpaired) electrons. The molecule has 2 heterocycles. The van der Waals surface area contributed by atoms with Crippen LogP contribution in [0.5, 0.6) is 0 Å². The van der Waals surface area contributed by atoms with E-state index >= 15 is 0 Å². The lowest BCUT2D eigenvalue weighted by atomic mass is 10.0. The van der Waals surface area contributed by atoms with Gasteiger partial charge in [0, 0.05) is 5.56 Å². The van der Waals surface area contributed by atoms with E-state index in [-0.39, 0.29) is 11.7 Å². The predicted molar refractivity (Wildman–Crippen MR) is 91.4 cm³/mol. The van der Waals surface area contributed by atoms with Crippen LogP contribution in [0, 0.1) is 0 Å². The third-order valence-electron chi connectivity index (χ3n) is 3.63. The molecule has 2 aromatic carbocycles. The SMILES string of the molecule is O=C(/C(=C/c1ccco1)c1nc2ccccc2o1)c1ccccc1. The van der Waals surface area contributed by atoms with Crippen LogP contribution < -0.4 is 0 Å². The first-order valence-electron chi connectivity index (χ1n) is 7.52. The Kier molecular flexibility index (Phi) is 3.56. The Morgan fingerprint density at radius 3 is 2.46 bits per heavy atom. The van der Waals surface area contributed by atoms with Gasteiger partial charge in [0.05, 0.1) is 11.8 Å². The third kappa shape index (κ3) is 2.65. The summed E-state index contributed by atoms with van der Waals surface area (Å²) >= 11 is 0. The molecule has 0 N–H and O–H groups in total. The van der Waals surface area contributed by atoms with E-state index in [4.69, 9.17) is 8.83 Å². The van der Waals surface area contributed by atoms with Crippen LogP contribution in [-0.2, 0) is 0 Å². The van der Waals surface area contributed by atoms with Crippen LogP contribution in [0.15, 0.2) is 81.8 Å². The van der Waals surface area contributed by atoms with Crippen molar-refractivity contribution in [1.82, 2.24) is 4.98 Å². The highest BCUT2D eigenvalue weighted by molar-refractivity contribution is 6.31. The Morgan fingerprint density at radius 1 is 0.917 bits per heavy atom. The van der Waals surface area contributed by atoms with Crippen molar-refractivity contribution < 1.29 is 13.6 Å². The summed E-state index contributed by atoms with van der Waals surface area (Å²) in [6.45, 7) is 0. The lowest BCUT2D eigenvalue weighted by Gasteiger charge is -2.02. The van der Waals surface area contributed by atoms with Gasteiger partial charge in [-0.15, -0.1) is 0 Å². The summed E-state index contributed by atoms with van der Waals surface area (Å²) in [6.07, 6.45) is 3.21. The number of fused-ring (bicyclic) bond motifs is 1. The van der Waals surface area contributed by atoms with Gasteiger partial charge < -0.3 is 8.83 Å². The number of benzene rings is 2. The van der Waals surface area contributed by atoms with Crippen molar-refractivity contribution in [2.75, 3.05) is 0 Å². The number of aromatic nitrogens is 1. The van der Waals surface area contributed by atoms with Gasteiger partial charge >= 0.3 is 0 Å². The molecule has 0 spiro atoms. The highest BCUT2D eigenvalue weighted by Gasteiger charge is 2.20. The first-order valence-corrected chi connectivity index (χ1v) is 7.52. The van der Waals surface area contributed by atoms with Crippen molar-refractivity contribution in [2.45, 2.75) is 0 Å². The molecule has 0 atom stereocenters. The topological polar surface area (TPSA) is 56.2 Å². The number of furan rings is 1. The Balaban J connectivity index is 1.86. The quantitative estimate of drug-likeness (QED) is 0.399. The number of carbonyl (C=O) groups is 1. The number of carbonyl (C=O) groups excluding carboxylic acids is 1. The molecule has 0 bridgehead atoms. The van der Waals surface area contributed by atoms with E-state index in [1.54, 1.807) is 36.6 Å². The Hall–Kier alpha value is -3.40. The number of nitrogens with zero attached hydrogens (tertiary/aromatic N) is 1. The molecule has 24 heavy (non-hydrogen) atoms. The van der Waals surface area contributed by atoms with E-state index in [1.807, 2.05) is 42.5 Å². The standard InChI is InChI=1S/C20H13NO3/c22-19(14-7-2-1-3-8-14)16(13-15-9-6-12-23-15)20-21-17-10-4-5-11-18(17)24-20/h1-13H/b16-13-. The predicted octanol–water partition coefficient (Wildman–Crippen LogP) is 4.84. The van der Waals surface area contributed by atoms with Gasteiger partial charge in [-0.05, 0) is 30.3 Å². The van der Waals surface area contributed by atoms with Gasteiger partial charge in [-0.25, -0.2) is 4.98 Å². The molecule has 116 valence electrons. The number of para-hydroxylation sites is 2. The van der Waals surface area contributed by atoms with E-state index in [1.165, 1.54) is 0 Å². The summed E-state index contributed by atoms with van der Waals surface area (Å²) < 4.78 is 11.1. The first kappa shape index (κ1) is 14.2. The molecule has 0 unspecified atom stereocenters. The number of ketones is 1. The van der Waals surface area contributed by atoms with Gasteiger partial charge in [0.15, 0.2) is 11.4 Å². The molecular formula is C20H13NO3. The van der Waals surface area contributed by atoms with Gasteiger partial charge in [0.25, 0.3) is 0 Å². The smallest absolute Gasteiger partial charge is 0.231 e. The average molecular weight is 315 g/mol. The zero-order valence-electron chi connectivity index (χ0n) is 12.7. The molecule has 0 saturated carbocycles. The third-order valence-corrected chi connectivity index (χ3v) is 3.63. The van der Waals surface area contributed by atoms with Crippen molar-refractivity contribution >= 4 is 28.5 Å². The van der Waals surface area contributed by atoms with E-state index in [9.17, 15) is 4.79 Å². The van der Waals surface area contributed by atoms with Crippen molar-refractivity contribution in [3.63, 3.8) is 0 Å². The molecule has 0 aliphatic rings. The molecule has 0 aliphatic heterocycles. The van der Waals surface area contributed by atoms with E-state index in [0.29, 0.717) is 28.0 Å². The molecule has 4 nitrogen and oxygen atoms in total. The Bertz CT molecular complexity index is 978. The summed E-state index contributed by atoms with van der Waals surface area (Å²) in [4.78, 5) is 17.4. The lowest BCUT2D eigenvalue weighted by molar-refractivity contribution is 0.105. The molecule has 4 rings (SSSR count). The van der Waals surface area contributed by atoms with Crippen molar-refractivity contribution in [2.24, 2.45) is 0 Å². The van der Waals surface area contributed by atoms with Crippen LogP contribution in [0.2, 0.25) is 0 Å². The largest absolute Gasteiger partial charge is 0.465 e. The number of Topliss-reactive ketones (excluding diaryl/α,β-unsaturated/α-hetero) is 1. The molecule has 4 aromatic rings. The summed E-state index contributed by atoms with van der Waals surface area (Å²) in [6, 6.07) is 20.0. The average Bonchev–Trinajstić information content (AvgIpc) is 3.29. The minimum Gasteiger partial charge on any atom is -0.465 e. The van der Waals surface area contributed by atoms with Crippen LogP contribution in [0.25, 0.3) is 22.7 Å². The first-order chi connectivity index (χ1) is 11.8. The zero-order valence-corrected chi connectivity index (χ0v) is 12.7. The second kappa shape index (κ2) is 6.01. The maximum atomic E-state index is 12.9. The minimum atomic E-state index is -0.168. The molecular weight excluding hydrogens is 302 g/mol. The maximum Gasteiger partial charge on any atom is 0.231 e. The van der Waals surface area contributed by atoms with Crippen LogP contribution >= 0.6 is 0 Å². The molecule has 2 aromatic heterocycles. The maximum absolute atomic E-state index is 12.9. The zero-order chi connectivity index (χ0) is 16.4. The van der Waals surface area contributed by atoms with Crippen LogP contribution in [0.3, 0.4) is 0 Å². The normalized spacial score (nSPS) is 11.8. The highest BCUT2D eigenvalue weighted by Crippen LogP contribution is 2.26. The fourth-order valence-corrected chi connectivity index (χ4v) is 2.47. The highest BCUT2D eigenvalue weighted by atomic mass is 16.3. The summed E-state index contributed by atoms with van der Waals surface area (Å²) in [5.74, 6) is 0.677. The van der Waals surface area contributed by atoms with Crippen molar-refractivity contribution in [3.8, 4) is 0 Å². The van der Waals surface area contributed by atoms with Crippen LogP contribution in [-0.4, -0.2) is 10.8 Å². The Labute approximate surface area is 138 Å². The molecule has 4 heteroatoms. The van der Waals surface area contributed by atoms with E-state index < -0.39 is 0 Å². The second-order valence-electron chi connectivity index (χ2n) is 5.26. The summed E-state index contributed by atoms with van der Waals surface area (Å²) in [5.41, 5.74) is 2.27. The molecule has 0 amide bonds. The lowest BCUT2D eigenvalue weighted by Crippen LogP contribution is -2.03. The van der Waals surface area contributed by atoms with Crippen molar-refractivity contribution in [3.05, 3.63) is 90.2 Å². The van der Waals surface area contributed by atoms with Gasteiger partial charge in [-0.3, -0.25) is 4.79 Å². The van der Waals surface area contributed by atoms with Gasteiger partial charge in [-0.1, -0.05) is 42.5 Å². The molecule has 0 saturated heterocycles. The van der Waals surface area contributed by atoms with Gasteiger partial charge in [0.2, 0.25) is 5.89 Å². The van der Waals surface area contributed by atoms with Gasteiger partial charge in [0.1, 0.15) is 11.3 Å². The number of rotatable bonds is 4. The number of hydrogen-bond donors (Lipinski definition) is 0. The fraction of sp³-hybridized carbons (Fsp3) is 0. The summed E-state index contributed by atoms with van der Waals surface area (Å²) in [7, 11) is 0. The van der Waals surface area contributed by atoms with E-state index in [2.05, 4.69) is 4.98 Å². The second-order valence-corrected chi connectivity index (χ2v) is 5.26. The minimum absolute atomic E-state index is 0.168. The van der Waals surface area contributed by atoms with Crippen molar-refractivity contribution in [1.29, 1.82) is 0 Å². The Morgan fingerprint density at radius 2 is 1.71 bits per heavy atom. The van der Waals surface area contributed by atoms with Crippen LogP contribution in [0.4, 0.5) is 0 Å². The fourth-order valence-electron chi connectivity index (χ4n) is 2.47. The monoisotopic (exact) mass is 315 g/mol. The number of allylic oxidation sites excluding steroid dienone is 1. The molecule has 0 aliphatic carbocycles.